The molecule has 0 unspecified atom stereocenters. The number of thioether (sulfide) groups is 1. The first-order chi connectivity index (χ1) is 7.38. The predicted octanol–water partition coefficient (Wildman–Crippen LogP) is 4.58. The lowest BCUT2D eigenvalue weighted by Crippen LogP contribution is -1.82. The molecule has 1 aromatic carbocycles. The Kier molecular flexibility index (Phi) is 4.73. The topological polar surface area (TPSA) is 0 Å². The molecule has 0 radical (unpaired) electrons. The van der Waals surface area contributed by atoms with Crippen molar-refractivity contribution in [2.75, 3.05) is 5.75 Å². The van der Waals surface area contributed by atoms with E-state index in [1.165, 1.54) is 25.8 Å². The smallest absolute Gasteiger partial charge is 0.0550 e. The fourth-order valence-electron chi connectivity index (χ4n) is 1.22. The van der Waals surface area contributed by atoms with Crippen LogP contribution in [0.3, 0.4) is 0 Å². The second-order valence-electron chi connectivity index (χ2n) is 3.29. The van der Waals surface area contributed by atoms with Gasteiger partial charge in [-0.2, -0.15) is 0 Å². The molecule has 0 spiro atoms. The summed E-state index contributed by atoms with van der Waals surface area (Å²) < 4.78 is 7.39. The second kappa shape index (κ2) is 6.72. The van der Waals surface area contributed by atoms with Gasteiger partial charge in [-0.1, -0.05) is 56.7 Å². The fraction of sp³-hybridized carbons (Fsp3) is 0.385. The van der Waals surface area contributed by atoms with E-state index in [1.54, 1.807) is 11.8 Å². The van der Waals surface area contributed by atoms with Crippen LogP contribution >= 0.6 is 11.8 Å². The monoisotopic (exact) mass is 207 g/mol. The molecule has 0 heterocycles. The van der Waals surface area contributed by atoms with Crippen LogP contribution < -0.4 is 0 Å². The van der Waals surface area contributed by atoms with E-state index in [9.17, 15) is 0 Å². The first-order valence-electron chi connectivity index (χ1n) is 5.73. The van der Waals surface area contributed by atoms with Crippen LogP contribution in [0.5, 0.6) is 0 Å². The van der Waals surface area contributed by atoms with Crippen LogP contribution in [0.15, 0.2) is 36.9 Å². The maximum Gasteiger partial charge on any atom is 0.0550 e. The Balaban J connectivity index is 2.44. The van der Waals surface area contributed by atoms with Gasteiger partial charge in [-0.25, -0.2) is 0 Å². The van der Waals surface area contributed by atoms with Gasteiger partial charge in [0.1, 0.15) is 0 Å². The molecule has 76 valence electrons. The summed E-state index contributed by atoms with van der Waals surface area (Å²) in [4.78, 5) is 1.08. The van der Waals surface area contributed by atoms with Crippen molar-refractivity contribution in [3.05, 3.63) is 42.5 Å². The van der Waals surface area contributed by atoms with Crippen LogP contribution in [0.2, 0.25) is 0 Å². The van der Waals surface area contributed by atoms with Crippen molar-refractivity contribution in [2.24, 2.45) is 0 Å². The van der Waals surface area contributed by atoms with E-state index < -0.39 is 0 Å². The maximum atomic E-state index is 7.39. The molecular weight excluding hydrogens is 188 g/mol. The summed E-state index contributed by atoms with van der Waals surface area (Å²) in [6.07, 6.45) is 3.78. The van der Waals surface area contributed by atoms with Gasteiger partial charge in [0.15, 0.2) is 0 Å². The zero-order chi connectivity index (χ0) is 10.9. The van der Waals surface area contributed by atoms with Crippen molar-refractivity contribution >= 4 is 16.7 Å². The van der Waals surface area contributed by atoms with E-state index in [1.807, 2.05) is 18.2 Å². The first kappa shape index (κ1) is 9.85. The van der Waals surface area contributed by atoms with Gasteiger partial charge >= 0.3 is 0 Å². The Morgan fingerprint density at radius 2 is 2.14 bits per heavy atom. The molecule has 14 heavy (non-hydrogen) atoms. The molecule has 0 fully saturated rings. The lowest BCUT2D eigenvalue weighted by Gasteiger charge is -2.04. The quantitative estimate of drug-likeness (QED) is 0.615. The van der Waals surface area contributed by atoms with Crippen molar-refractivity contribution in [1.82, 2.24) is 0 Å². The fourth-order valence-corrected chi connectivity index (χ4v) is 2.09. The molecule has 0 saturated carbocycles. The molecule has 0 aliphatic heterocycles. The molecule has 0 aliphatic rings. The van der Waals surface area contributed by atoms with Crippen LogP contribution in [0, 0.1) is 0 Å². The van der Waals surface area contributed by atoms with E-state index in [0.717, 1.165) is 16.2 Å². The normalized spacial score (nSPS) is 12.6. The summed E-state index contributed by atoms with van der Waals surface area (Å²) in [6.45, 7) is 3.68. The summed E-state index contributed by atoms with van der Waals surface area (Å²) in [5.41, 5.74) is 1.16. The zero-order valence-electron chi connectivity index (χ0n) is 9.70. The van der Waals surface area contributed by atoms with Crippen molar-refractivity contribution < 1.29 is 1.37 Å². The zero-order valence-corrected chi connectivity index (χ0v) is 9.52. The third-order valence-electron chi connectivity index (χ3n) is 2.06. The average Bonchev–Trinajstić information content (AvgIpc) is 2.30. The van der Waals surface area contributed by atoms with Crippen LogP contribution in [-0.4, -0.2) is 5.75 Å². The highest BCUT2D eigenvalue weighted by molar-refractivity contribution is 8.08. The Morgan fingerprint density at radius 1 is 1.36 bits per heavy atom. The number of hydrogen-bond acceptors (Lipinski definition) is 1. The first-order valence-corrected chi connectivity index (χ1v) is 6.13. The molecule has 0 N–H and O–H groups in total. The molecule has 1 heteroatoms. The van der Waals surface area contributed by atoms with E-state index in [-0.39, 0.29) is 0 Å². The van der Waals surface area contributed by atoms with Gasteiger partial charge in [0.05, 0.1) is 1.37 Å². The third-order valence-corrected chi connectivity index (χ3v) is 3.10. The summed E-state index contributed by atoms with van der Waals surface area (Å²) in [5, 5.41) is 0. The molecular formula is C13H18S. The molecule has 0 nitrogen and oxygen atoms in total. The standard InChI is InChI=1S/C13H18S/c1-3-4-8-11-14-12(2)13-9-6-5-7-10-13/h5-7,9-10H,2-4,8,11H2,1H3/i2D. The van der Waals surface area contributed by atoms with Gasteiger partial charge in [-0.3, -0.25) is 0 Å². The summed E-state index contributed by atoms with van der Waals surface area (Å²) in [6, 6.07) is 10.2. The maximum absolute atomic E-state index is 7.39. The van der Waals surface area contributed by atoms with Crippen molar-refractivity contribution in [1.29, 1.82) is 0 Å². The highest BCUT2D eigenvalue weighted by Gasteiger charge is 1.97. The second-order valence-corrected chi connectivity index (χ2v) is 4.42. The molecule has 1 rings (SSSR count). The van der Waals surface area contributed by atoms with Gasteiger partial charge in [0.2, 0.25) is 0 Å². The molecule has 1 aromatic rings. The minimum atomic E-state index is 1.08. The van der Waals surface area contributed by atoms with Gasteiger partial charge in [-0.15, -0.1) is 11.8 Å². The van der Waals surface area contributed by atoms with Crippen molar-refractivity contribution in [2.45, 2.75) is 26.2 Å². The molecule has 0 saturated heterocycles. The molecule has 0 amide bonds. The predicted molar refractivity (Wildman–Crippen MR) is 67.5 cm³/mol. The van der Waals surface area contributed by atoms with Gasteiger partial charge < -0.3 is 0 Å². The third kappa shape index (κ3) is 4.01. The Bertz CT molecular complexity index is 293. The lowest BCUT2D eigenvalue weighted by molar-refractivity contribution is 0.779. The minimum absolute atomic E-state index is 1.08. The largest absolute Gasteiger partial charge is 0.126 e. The SMILES string of the molecule is [2H]C=C(SCCCCC)c1ccccc1. The Hall–Kier alpha value is -0.690. The molecule has 0 aromatic heterocycles. The van der Waals surface area contributed by atoms with Gasteiger partial charge in [0.25, 0.3) is 0 Å². The van der Waals surface area contributed by atoms with Crippen molar-refractivity contribution in [3.8, 4) is 0 Å². The van der Waals surface area contributed by atoms with E-state index in [0.29, 0.717) is 0 Å². The molecule has 0 atom stereocenters. The van der Waals surface area contributed by atoms with Crippen LogP contribution in [0.1, 0.15) is 33.1 Å². The summed E-state index contributed by atoms with van der Waals surface area (Å²) >= 11 is 1.79. The highest BCUT2D eigenvalue weighted by Crippen LogP contribution is 2.25. The summed E-state index contributed by atoms with van der Waals surface area (Å²) in [7, 11) is 0. The van der Waals surface area contributed by atoms with Gasteiger partial charge in [0, 0.05) is 4.91 Å². The lowest BCUT2D eigenvalue weighted by atomic mass is 10.2. The molecule has 0 aliphatic carbocycles. The van der Waals surface area contributed by atoms with Gasteiger partial charge in [-0.05, 0) is 17.7 Å². The van der Waals surface area contributed by atoms with E-state index in [2.05, 4.69) is 19.1 Å². The number of benzene rings is 1. The van der Waals surface area contributed by atoms with Crippen molar-refractivity contribution in [3.63, 3.8) is 0 Å². The number of hydrogen-bond donors (Lipinski definition) is 0. The van der Waals surface area contributed by atoms with E-state index >= 15 is 0 Å². The van der Waals surface area contributed by atoms with Crippen LogP contribution in [-0.2, 0) is 0 Å². The van der Waals surface area contributed by atoms with Crippen LogP contribution in [0.4, 0.5) is 0 Å². The van der Waals surface area contributed by atoms with Crippen LogP contribution in [0.25, 0.3) is 4.91 Å². The van der Waals surface area contributed by atoms with E-state index in [4.69, 9.17) is 1.37 Å². The minimum Gasteiger partial charge on any atom is -0.126 e. The average molecular weight is 207 g/mol. The summed E-state index contributed by atoms with van der Waals surface area (Å²) in [5.74, 6) is 1.12. The molecule has 0 bridgehead atoms. The Morgan fingerprint density at radius 3 is 2.79 bits per heavy atom. The number of unbranched alkanes of at least 4 members (excludes halogenated alkanes) is 2. The Labute approximate surface area is 92.8 Å². The number of rotatable bonds is 6. The highest BCUT2D eigenvalue weighted by atomic mass is 32.2.